The van der Waals surface area contributed by atoms with Crippen LogP contribution in [0.5, 0.6) is 5.75 Å². The number of ketones is 1. The molecular weight excluding hydrogens is 424 g/mol. The highest BCUT2D eigenvalue weighted by Gasteiger charge is 2.20. The molecule has 3 rings (SSSR count). The van der Waals surface area contributed by atoms with E-state index in [1.165, 1.54) is 24.2 Å². The fourth-order valence-corrected chi connectivity index (χ4v) is 4.10. The third kappa shape index (κ3) is 5.76. The number of carbonyl (C=O) groups is 2. The maximum Gasteiger partial charge on any atom is 0.234 e. The van der Waals surface area contributed by atoms with Crippen LogP contribution in [0.2, 0.25) is 0 Å². The first kappa shape index (κ1) is 23.5. The van der Waals surface area contributed by atoms with E-state index in [0.717, 1.165) is 17.1 Å². The van der Waals surface area contributed by atoms with E-state index in [0.29, 0.717) is 23.0 Å². The Morgan fingerprint density at radius 1 is 1.12 bits per heavy atom. The number of benzene rings is 2. The Morgan fingerprint density at radius 2 is 1.84 bits per heavy atom. The zero-order valence-corrected chi connectivity index (χ0v) is 19.8. The molecule has 0 aliphatic heterocycles. The third-order valence-corrected chi connectivity index (χ3v) is 5.93. The molecule has 1 heterocycles. The van der Waals surface area contributed by atoms with Gasteiger partial charge in [-0.05, 0) is 70.5 Å². The first-order chi connectivity index (χ1) is 15.3. The highest BCUT2D eigenvalue weighted by Crippen LogP contribution is 2.27. The number of carbonyl (C=O) groups excluding carboxylic acids is 2. The van der Waals surface area contributed by atoms with Gasteiger partial charge in [-0.25, -0.2) is 0 Å². The molecule has 1 amide bonds. The molecule has 0 saturated heterocycles. The van der Waals surface area contributed by atoms with E-state index in [1.54, 1.807) is 24.3 Å². The van der Waals surface area contributed by atoms with Crippen molar-refractivity contribution in [2.24, 2.45) is 0 Å². The van der Waals surface area contributed by atoms with Crippen molar-refractivity contribution in [2.45, 2.75) is 52.4 Å². The van der Waals surface area contributed by atoms with Crippen LogP contribution in [0.15, 0.2) is 47.6 Å². The molecule has 0 fully saturated rings. The van der Waals surface area contributed by atoms with Crippen LogP contribution in [0.25, 0.3) is 0 Å². The topological polar surface area (TPSA) is 86.1 Å². The number of rotatable bonds is 9. The normalized spacial score (nSPS) is 11.8. The van der Waals surface area contributed by atoms with E-state index in [4.69, 9.17) is 4.74 Å². The average Bonchev–Trinajstić information content (AvgIpc) is 3.17. The molecule has 0 radical (unpaired) electrons. The minimum atomic E-state index is -0.285. The molecule has 3 aromatic rings. The van der Waals surface area contributed by atoms with Crippen LogP contribution in [0.1, 0.15) is 54.2 Å². The Hall–Kier alpha value is -3.13. The number of hydrogen-bond donors (Lipinski definition) is 1. The van der Waals surface area contributed by atoms with Crippen molar-refractivity contribution in [2.75, 3.05) is 11.1 Å². The number of Topliss-reactive ketones (excluding diaryl/α,β-unsaturated/α-hetero) is 1. The summed E-state index contributed by atoms with van der Waals surface area (Å²) in [7, 11) is 0. The van der Waals surface area contributed by atoms with Crippen LogP contribution < -0.4 is 10.1 Å². The smallest absolute Gasteiger partial charge is 0.234 e. The van der Waals surface area contributed by atoms with Gasteiger partial charge in [0.2, 0.25) is 5.91 Å². The monoisotopic (exact) mass is 452 g/mol. The molecule has 7 nitrogen and oxygen atoms in total. The summed E-state index contributed by atoms with van der Waals surface area (Å²) < 4.78 is 8.10. The van der Waals surface area contributed by atoms with Crippen molar-refractivity contribution in [1.82, 2.24) is 14.8 Å². The largest absolute Gasteiger partial charge is 0.482 e. The maximum absolute atomic E-state index is 12.4. The molecule has 8 heteroatoms. The van der Waals surface area contributed by atoms with Crippen LogP contribution >= 0.6 is 11.8 Å². The molecule has 0 aliphatic carbocycles. The predicted octanol–water partition coefficient (Wildman–Crippen LogP) is 4.99. The number of hydrogen-bond acceptors (Lipinski definition) is 6. The van der Waals surface area contributed by atoms with Crippen LogP contribution in [0.4, 0.5) is 5.69 Å². The molecule has 32 heavy (non-hydrogen) atoms. The van der Waals surface area contributed by atoms with Crippen molar-refractivity contribution < 1.29 is 14.3 Å². The summed E-state index contributed by atoms with van der Waals surface area (Å²) >= 11 is 1.32. The van der Waals surface area contributed by atoms with Gasteiger partial charge in [0.25, 0.3) is 0 Å². The summed E-state index contributed by atoms with van der Waals surface area (Å²) in [5.41, 5.74) is 3.51. The third-order valence-electron chi connectivity index (χ3n) is 4.97. The van der Waals surface area contributed by atoms with Gasteiger partial charge in [0, 0.05) is 17.8 Å². The Kier molecular flexibility index (Phi) is 7.69. The lowest BCUT2D eigenvalue weighted by Crippen LogP contribution is -2.15. The fourth-order valence-electron chi connectivity index (χ4n) is 3.29. The van der Waals surface area contributed by atoms with E-state index in [-0.39, 0.29) is 23.5 Å². The second-order valence-corrected chi connectivity index (χ2v) is 8.53. The minimum Gasteiger partial charge on any atom is -0.482 e. The summed E-state index contributed by atoms with van der Waals surface area (Å²) in [4.78, 5) is 23.7. The van der Waals surface area contributed by atoms with Crippen molar-refractivity contribution in [1.29, 1.82) is 0 Å². The zero-order chi connectivity index (χ0) is 23.3. The van der Waals surface area contributed by atoms with Gasteiger partial charge in [0.05, 0.1) is 5.75 Å². The lowest BCUT2D eigenvalue weighted by molar-refractivity contribution is -0.113. The summed E-state index contributed by atoms with van der Waals surface area (Å²) in [5, 5.41) is 12.1. The summed E-state index contributed by atoms with van der Waals surface area (Å²) in [5.74, 6) is 1.56. The molecule has 168 valence electrons. The number of aromatic nitrogens is 3. The quantitative estimate of drug-likeness (QED) is 0.364. The van der Waals surface area contributed by atoms with Crippen molar-refractivity contribution in [3.63, 3.8) is 0 Å². The molecular formula is C24H28N4O3S. The zero-order valence-electron chi connectivity index (χ0n) is 19.0. The molecule has 0 bridgehead atoms. The molecule has 0 saturated carbocycles. The fraction of sp³-hybridized carbons (Fsp3) is 0.333. The van der Waals surface area contributed by atoms with Gasteiger partial charge < -0.3 is 14.6 Å². The molecule has 2 aromatic carbocycles. The predicted molar refractivity (Wildman–Crippen MR) is 126 cm³/mol. The van der Waals surface area contributed by atoms with Gasteiger partial charge in [0.1, 0.15) is 5.75 Å². The van der Waals surface area contributed by atoms with Crippen molar-refractivity contribution >= 4 is 29.1 Å². The maximum atomic E-state index is 12.4. The minimum absolute atomic E-state index is 0.0103. The van der Waals surface area contributed by atoms with E-state index in [9.17, 15) is 9.59 Å². The Balaban J connectivity index is 1.62. The molecule has 1 atom stereocenters. The lowest BCUT2D eigenvalue weighted by Gasteiger charge is -2.17. The number of nitrogens with one attached hydrogen (secondary N) is 1. The number of thioether (sulfide) groups is 1. The van der Waals surface area contributed by atoms with Gasteiger partial charge in [-0.3, -0.25) is 9.59 Å². The number of aryl methyl sites for hydroxylation is 2. The molecule has 1 N–H and O–H groups in total. The summed E-state index contributed by atoms with van der Waals surface area (Å²) in [6.07, 6.45) is -0.285. The summed E-state index contributed by atoms with van der Waals surface area (Å²) in [6.45, 7) is 10.2. The van der Waals surface area contributed by atoms with Crippen LogP contribution in [-0.4, -0.2) is 32.2 Å². The van der Waals surface area contributed by atoms with Crippen LogP contribution in [0.3, 0.4) is 0 Å². The highest BCUT2D eigenvalue weighted by molar-refractivity contribution is 7.99. The number of nitrogens with zero attached hydrogens (tertiary/aromatic N) is 3. The molecule has 1 unspecified atom stereocenters. The van der Waals surface area contributed by atoms with Crippen LogP contribution in [0, 0.1) is 13.8 Å². The number of ether oxygens (including phenoxy) is 1. The second kappa shape index (κ2) is 10.5. The molecule has 1 aromatic heterocycles. The van der Waals surface area contributed by atoms with E-state index in [2.05, 4.69) is 28.5 Å². The SMILES string of the molecule is CCn1c(SCC(=O)Nc2ccc(C(C)=O)cc2)nnc1C(C)Oc1ccc(C)cc1C. The molecule has 0 aliphatic rings. The number of amides is 1. The number of anilines is 1. The Labute approximate surface area is 192 Å². The average molecular weight is 453 g/mol. The van der Waals surface area contributed by atoms with Crippen molar-refractivity contribution in [3.8, 4) is 5.75 Å². The second-order valence-electron chi connectivity index (χ2n) is 7.58. The van der Waals surface area contributed by atoms with E-state index < -0.39 is 0 Å². The van der Waals surface area contributed by atoms with Gasteiger partial charge in [-0.15, -0.1) is 10.2 Å². The van der Waals surface area contributed by atoms with Gasteiger partial charge >= 0.3 is 0 Å². The highest BCUT2D eigenvalue weighted by atomic mass is 32.2. The summed E-state index contributed by atoms with van der Waals surface area (Å²) in [6, 6.07) is 12.9. The van der Waals surface area contributed by atoms with E-state index >= 15 is 0 Å². The van der Waals surface area contributed by atoms with Gasteiger partial charge in [-0.1, -0.05) is 29.5 Å². The van der Waals surface area contributed by atoms with Gasteiger partial charge in [-0.2, -0.15) is 0 Å². The van der Waals surface area contributed by atoms with Gasteiger partial charge in [0.15, 0.2) is 22.9 Å². The first-order valence-corrected chi connectivity index (χ1v) is 11.5. The lowest BCUT2D eigenvalue weighted by atomic mass is 10.1. The van der Waals surface area contributed by atoms with Crippen molar-refractivity contribution in [3.05, 3.63) is 65.0 Å². The Morgan fingerprint density at radius 3 is 2.47 bits per heavy atom. The first-order valence-electron chi connectivity index (χ1n) is 10.5. The van der Waals surface area contributed by atoms with Crippen LogP contribution in [-0.2, 0) is 11.3 Å². The molecule has 0 spiro atoms. The standard InChI is InChI=1S/C24H28N4O3S/c1-6-28-23(18(5)31-21-12-7-15(2)13-16(21)3)26-27-24(28)32-14-22(30)25-20-10-8-19(9-11-20)17(4)29/h7-13,18H,6,14H2,1-5H3,(H,25,30). The Bertz CT molecular complexity index is 1110. The van der Waals surface area contributed by atoms with E-state index in [1.807, 2.05) is 37.5 Å².